The van der Waals surface area contributed by atoms with Gasteiger partial charge in [0.15, 0.2) is 0 Å². The van der Waals surface area contributed by atoms with Crippen molar-refractivity contribution in [1.82, 2.24) is 0 Å². The zero-order valence-electron chi connectivity index (χ0n) is 9.06. The maximum Gasteiger partial charge on any atom is 0.233 e. The van der Waals surface area contributed by atoms with Crippen molar-refractivity contribution in [2.75, 3.05) is 4.90 Å². The number of benzene rings is 1. The molecule has 0 bridgehead atoms. The molecule has 0 saturated carbocycles. The quantitative estimate of drug-likeness (QED) is 0.759. The molecule has 0 aliphatic carbocycles. The number of carbonyl (C=O) groups excluding carboxylic acids is 2. The second-order valence-corrected chi connectivity index (χ2v) is 3.17. The van der Waals surface area contributed by atoms with E-state index in [0.29, 0.717) is 18.5 Å². The summed E-state index contributed by atoms with van der Waals surface area (Å²) in [6.07, 6.45) is 0.668. The molecule has 3 nitrogen and oxygen atoms in total. The van der Waals surface area contributed by atoms with Gasteiger partial charge in [-0.2, -0.15) is 0 Å². The summed E-state index contributed by atoms with van der Waals surface area (Å²) in [6, 6.07) is 9.01. The van der Waals surface area contributed by atoms with Crippen molar-refractivity contribution in [3.63, 3.8) is 0 Å². The standard InChI is InChI=1S/C12H15NO2/c1-3-11(14)13(12(15)4-2)10-8-6-5-7-9-10/h5-9H,3-4H2,1-2H3. The molecule has 0 N–H and O–H groups in total. The lowest BCUT2D eigenvalue weighted by atomic mass is 10.2. The number of imide groups is 1. The van der Waals surface area contributed by atoms with Gasteiger partial charge in [0, 0.05) is 12.8 Å². The number of nitrogens with zero attached hydrogens (tertiary/aromatic N) is 1. The second kappa shape index (κ2) is 5.29. The lowest BCUT2D eigenvalue weighted by Crippen LogP contribution is -2.35. The number of hydrogen-bond donors (Lipinski definition) is 0. The number of hydrogen-bond acceptors (Lipinski definition) is 2. The van der Waals surface area contributed by atoms with Crippen LogP contribution in [0.15, 0.2) is 30.3 Å². The van der Waals surface area contributed by atoms with Crippen LogP contribution in [0.5, 0.6) is 0 Å². The zero-order valence-corrected chi connectivity index (χ0v) is 9.06. The third kappa shape index (κ3) is 2.65. The van der Waals surface area contributed by atoms with Crippen molar-refractivity contribution in [2.24, 2.45) is 0 Å². The molecule has 1 aromatic rings. The topological polar surface area (TPSA) is 37.4 Å². The lowest BCUT2D eigenvalue weighted by molar-refractivity contribution is -0.126. The average molecular weight is 205 g/mol. The highest BCUT2D eigenvalue weighted by Crippen LogP contribution is 2.15. The Morgan fingerprint density at radius 3 is 1.87 bits per heavy atom. The molecular weight excluding hydrogens is 190 g/mol. The Labute approximate surface area is 89.7 Å². The van der Waals surface area contributed by atoms with Crippen LogP contribution in [0.4, 0.5) is 5.69 Å². The molecule has 0 aromatic heterocycles. The lowest BCUT2D eigenvalue weighted by Gasteiger charge is -2.19. The summed E-state index contributed by atoms with van der Waals surface area (Å²) in [4.78, 5) is 24.5. The Morgan fingerprint density at radius 1 is 1.00 bits per heavy atom. The minimum absolute atomic E-state index is 0.159. The Kier molecular flexibility index (Phi) is 4.03. The molecule has 0 unspecified atom stereocenters. The highest BCUT2D eigenvalue weighted by molar-refractivity contribution is 6.14. The molecule has 80 valence electrons. The Morgan fingerprint density at radius 2 is 1.47 bits per heavy atom. The van der Waals surface area contributed by atoms with Crippen LogP contribution in [0, 0.1) is 0 Å². The highest BCUT2D eigenvalue weighted by atomic mass is 16.2. The van der Waals surface area contributed by atoms with Gasteiger partial charge in [-0.25, -0.2) is 0 Å². The number of rotatable bonds is 3. The molecular formula is C12H15NO2. The van der Waals surface area contributed by atoms with Gasteiger partial charge >= 0.3 is 0 Å². The third-order valence-corrected chi connectivity index (χ3v) is 2.12. The zero-order chi connectivity index (χ0) is 11.3. The van der Waals surface area contributed by atoms with Crippen LogP contribution < -0.4 is 4.90 Å². The summed E-state index contributed by atoms with van der Waals surface area (Å²) < 4.78 is 0. The fourth-order valence-electron chi connectivity index (χ4n) is 1.32. The van der Waals surface area contributed by atoms with Crippen LogP contribution in [0.3, 0.4) is 0 Å². The molecule has 15 heavy (non-hydrogen) atoms. The van der Waals surface area contributed by atoms with E-state index in [1.807, 2.05) is 18.2 Å². The van der Waals surface area contributed by atoms with Crippen LogP contribution in [-0.2, 0) is 9.59 Å². The van der Waals surface area contributed by atoms with Crippen molar-refractivity contribution in [1.29, 1.82) is 0 Å². The number of para-hydroxylation sites is 1. The van der Waals surface area contributed by atoms with E-state index < -0.39 is 0 Å². The number of amides is 2. The van der Waals surface area contributed by atoms with Crippen LogP contribution in [-0.4, -0.2) is 11.8 Å². The Balaban J connectivity index is 3.02. The molecule has 1 rings (SSSR count). The van der Waals surface area contributed by atoms with E-state index in [-0.39, 0.29) is 11.8 Å². The van der Waals surface area contributed by atoms with Crippen molar-refractivity contribution in [3.05, 3.63) is 30.3 Å². The van der Waals surface area contributed by atoms with E-state index in [9.17, 15) is 9.59 Å². The molecule has 0 aliphatic rings. The second-order valence-electron chi connectivity index (χ2n) is 3.17. The number of carbonyl (C=O) groups is 2. The van der Waals surface area contributed by atoms with Crippen molar-refractivity contribution in [2.45, 2.75) is 26.7 Å². The summed E-state index contributed by atoms with van der Waals surface area (Å²) in [6.45, 7) is 3.50. The molecule has 0 radical (unpaired) electrons. The first-order chi connectivity index (χ1) is 7.20. The summed E-state index contributed by atoms with van der Waals surface area (Å²) >= 11 is 0. The molecule has 1 aromatic carbocycles. The van der Waals surface area contributed by atoms with Crippen molar-refractivity contribution < 1.29 is 9.59 Å². The van der Waals surface area contributed by atoms with Gasteiger partial charge in [-0.05, 0) is 12.1 Å². The maximum atomic E-state index is 11.6. The molecule has 2 amide bonds. The van der Waals surface area contributed by atoms with Crippen molar-refractivity contribution in [3.8, 4) is 0 Å². The van der Waals surface area contributed by atoms with Gasteiger partial charge in [-0.1, -0.05) is 32.0 Å². The largest absolute Gasteiger partial charge is 0.274 e. The minimum Gasteiger partial charge on any atom is -0.274 e. The van der Waals surface area contributed by atoms with Gasteiger partial charge in [0.05, 0.1) is 5.69 Å². The first-order valence-electron chi connectivity index (χ1n) is 5.11. The van der Waals surface area contributed by atoms with Gasteiger partial charge in [0.2, 0.25) is 11.8 Å². The number of anilines is 1. The fraction of sp³-hybridized carbons (Fsp3) is 0.333. The van der Waals surface area contributed by atoms with E-state index in [2.05, 4.69) is 0 Å². The van der Waals surface area contributed by atoms with E-state index >= 15 is 0 Å². The summed E-state index contributed by atoms with van der Waals surface area (Å²) in [5.74, 6) is -0.318. The molecule has 0 atom stereocenters. The van der Waals surface area contributed by atoms with E-state index in [4.69, 9.17) is 0 Å². The third-order valence-electron chi connectivity index (χ3n) is 2.12. The summed E-state index contributed by atoms with van der Waals surface area (Å²) in [7, 11) is 0. The molecule has 0 heterocycles. The fourth-order valence-corrected chi connectivity index (χ4v) is 1.32. The Bertz CT molecular complexity index is 330. The minimum atomic E-state index is -0.159. The Hall–Kier alpha value is -1.64. The van der Waals surface area contributed by atoms with Crippen LogP contribution in [0.1, 0.15) is 26.7 Å². The van der Waals surface area contributed by atoms with Gasteiger partial charge in [-0.3, -0.25) is 14.5 Å². The summed E-state index contributed by atoms with van der Waals surface area (Å²) in [5, 5.41) is 0. The van der Waals surface area contributed by atoms with Gasteiger partial charge in [0.1, 0.15) is 0 Å². The predicted molar refractivity (Wildman–Crippen MR) is 59.5 cm³/mol. The van der Waals surface area contributed by atoms with E-state index in [1.165, 1.54) is 4.90 Å². The maximum absolute atomic E-state index is 11.6. The molecule has 3 heteroatoms. The van der Waals surface area contributed by atoms with Crippen molar-refractivity contribution >= 4 is 17.5 Å². The first-order valence-corrected chi connectivity index (χ1v) is 5.11. The average Bonchev–Trinajstić information content (AvgIpc) is 2.30. The van der Waals surface area contributed by atoms with Gasteiger partial charge in [-0.15, -0.1) is 0 Å². The predicted octanol–water partition coefficient (Wildman–Crippen LogP) is 2.37. The molecule has 0 aliphatic heterocycles. The SMILES string of the molecule is CCC(=O)N(C(=O)CC)c1ccccc1. The summed E-state index contributed by atoms with van der Waals surface area (Å²) in [5.41, 5.74) is 0.649. The molecule has 0 saturated heterocycles. The van der Waals surface area contributed by atoms with Crippen LogP contribution >= 0.6 is 0 Å². The van der Waals surface area contributed by atoms with Gasteiger partial charge < -0.3 is 0 Å². The normalized spacial score (nSPS) is 9.73. The smallest absolute Gasteiger partial charge is 0.233 e. The first kappa shape index (κ1) is 11.4. The van der Waals surface area contributed by atoms with Crippen LogP contribution in [0.25, 0.3) is 0 Å². The van der Waals surface area contributed by atoms with Gasteiger partial charge in [0.25, 0.3) is 0 Å². The van der Waals surface area contributed by atoms with Crippen LogP contribution in [0.2, 0.25) is 0 Å². The highest BCUT2D eigenvalue weighted by Gasteiger charge is 2.19. The molecule has 0 spiro atoms. The van der Waals surface area contributed by atoms with E-state index in [0.717, 1.165) is 0 Å². The molecule has 0 fully saturated rings. The monoisotopic (exact) mass is 205 g/mol. The van der Waals surface area contributed by atoms with E-state index in [1.54, 1.807) is 26.0 Å².